The van der Waals surface area contributed by atoms with E-state index in [4.69, 9.17) is 0 Å². The third-order valence-corrected chi connectivity index (χ3v) is 2.02. The second-order valence-electron chi connectivity index (χ2n) is 3.23. The number of Topliss-reactive ketones (excluding diaryl/α,β-unsaturated/α-hetero) is 1. The van der Waals surface area contributed by atoms with Crippen LogP contribution in [0.3, 0.4) is 0 Å². The summed E-state index contributed by atoms with van der Waals surface area (Å²) in [5.41, 5.74) is 0.201. The van der Waals surface area contributed by atoms with Gasteiger partial charge in [0.2, 0.25) is 5.78 Å². The van der Waals surface area contributed by atoms with Crippen molar-refractivity contribution in [2.24, 2.45) is 0 Å². The summed E-state index contributed by atoms with van der Waals surface area (Å²) in [5, 5.41) is 3.75. The number of ketones is 1. The number of halogens is 4. The van der Waals surface area contributed by atoms with Gasteiger partial charge in [0.15, 0.2) is 0 Å². The molecule has 1 rings (SSSR count). The number of alkyl halides is 4. The van der Waals surface area contributed by atoms with Gasteiger partial charge in [0, 0.05) is 19.2 Å². The third kappa shape index (κ3) is 2.59. The first kappa shape index (κ1) is 12.7. The summed E-state index contributed by atoms with van der Waals surface area (Å²) in [6.07, 6.45) is -2.12. The van der Waals surface area contributed by atoms with Crippen molar-refractivity contribution in [1.29, 1.82) is 0 Å². The minimum atomic E-state index is -4.59. The summed E-state index contributed by atoms with van der Waals surface area (Å²) in [6.45, 7) is 2.28. The van der Waals surface area contributed by atoms with Gasteiger partial charge in [-0.05, 0) is 12.5 Å². The van der Waals surface area contributed by atoms with Crippen LogP contribution >= 0.6 is 0 Å². The summed E-state index contributed by atoms with van der Waals surface area (Å²) in [7, 11) is 0. The van der Waals surface area contributed by atoms with Crippen LogP contribution < -0.4 is 0 Å². The Balaban J connectivity index is 2.71. The zero-order valence-electron chi connectivity index (χ0n) is 8.46. The minimum absolute atomic E-state index is 0.201. The molecular weight excluding hydrogens is 228 g/mol. The van der Waals surface area contributed by atoms with Crippen molar-refractivity contribution in [2.75, 3.05) is 0 Å². The number of hydrogen-bond donors (Lipinski definition) is 0. The van der Waals surface area contributed by atoms with Crippen LogP contribution in [-0.2, 0) is 17.8 Å². The van der Waals surface area contributed by atoms with E-state index < -0.39 is 24.6 Å². The average molecular weight is 238 g/mol. The Morgan fingerprint density at radius 3 is 2.62 bits per heavy atom. The fourth-order valence-electron chi connectivity index (χ4n) is 1.10. The zero-order valence-corrected chi connectivity index (χ0v) is 8.46. The second kappa shape index (κ2) is 4.63. The molecule has 7 heteroatoms. The molecule has 0 bridgehead atoms. The highest BCUT2D eigenvalue weighted by Gasteiger charge is 2.48. The topological polar surface area (TPSA) is 34.9 Å². The van der Waals surface area contributed by atoms with E-state index in [-0.39, 0.29) is 5.56 Å². The average Bonchev–Trinajstić information content (AvgIpc) is 2.65. The number of aryl methyl sites for hydroxylation is 1. The van der Waals surface area contributed by atoms with E-state index in [2.05, 4.69) is 5.10 Å². The van der Waals surface area contributed by atoms with Gasteiger partial charge in [0.25, 0.3) is 0 Å². The van der Waals surface area contributed by atoms with Crippen molar-refractivity contribution in [2.45, 2.75) is 32.2 Å². The maximum absolute atomic E-state index is 12.6. The van der Waals surface area contributed by atoms with Gasteiger partial charge in [-0.2, -0.15) is 13.9 Å². The van der Waals surface area contributed by atoms with E-state index >= 15 is 0 Å². The van der Waals surface area contributed by atoms with Crippen LogP contribution in [0.5, 0.6) is 0 Å². The molecule has 3 nitrogen and oxygen atoms in total. The Labute approximate surface area is 89.1 Å². The van der Waals surface area contributed by atoms with Crippen LogP contribution in [0, 0.1) is 0 Å². The molecule has 1 heterocycles. The lowest BCUT2D eigenvalue weighted by atomic mass is 10.1. The number of nitrogens with zero attached hydrogens (tertiary/aromatic N) is 2. The van der Waals surface area contributed by atoms with Gasteiger partial charge in [0.1, 0.15) is 0 Å². The molecule has 16 heavy (non-hydrogen) atoms. The summed E-state index contributed by atoms with van der Waals surface area (Å²) in [6, 6.07) is 0. The molecule has 0 spiro atoms. The monoisotopic (exact) mass is 238 g/mol. The highest BCUT2D eigenvalue weighted by Crippen LogP contribution is 2.25. The summed E-state index contributed by atoms with van der Waals surface area (Å²) in [4.78, 5) is 10.9. The minimum Gasteiger partial charge on any atom is -0.292 e. The number of aromatic nitrogens is 2. The van der Waals surface area contributed by atoms with Crippen LogP contribution in [0.15, 0.2) is 12.4 Å². The van der Waals surface area contributed by atoms with Gasteiger partial charge < -0.3 is 0 Å². The van der Waals surface area contributed by atoms with Gasteiger partial charge >= 0.3 is 12.3 Å². The predicted molar refractivity (Wildman–Crippen MR) is 47.6 cm³/mol. The van der Waals surface area contributed by atoms with E-state index in [1.807, 2.05) is 0 Å². The molecule has 0 saturated carbocycles. The Hall–Kier alpha value is -1.40. The van der Waals surface area contributed by atoms with Gasteiger partial charge in [-0.15, -0.1) is 0 Å². The molecule has 0 aliphatic rings. The van der Waals surface area contributed by atoms with Crippen LogP contribution in [0.1, 0.15) is 12.5 Å². The molecule has 0 saturated heterocycles. The Morgan fingerprint density at radius 1 is 1.56 bits per heavy atom. The molecule has 0 N–H and O–H groups in total. The maximum Gasteiger partial charge on any atom is 0.364 e. The van der Waals surface area contributed by atoms with Gasteiger partial charge in [-0.3, -0.25) is 9.48 Å². The molecule has 0 amide bonds. The maximum atomic E-state index is 12.6. The van der Waals surface area contributed by atoms with Crippen LogP contribution in [0.25, 0.3) is 0 Å². The molecule has 90 valence electrons. The van der Waals surface area contributed by atoms with E-state index in [0.717, 1.165) is 0 Å². The van der Waals surface area contributed by atoms with Crippen molar-refractivity contribution in [3.8, 4) is 0 Å². The van der Waals surface area contributed by atoms with E-state index in [0.29, 0.717) is 6.54 Å². The SMILES string of the molecule is CCn1cc(CC(=O)C(F)(F)C(F)F)cn1. The molecule has 0 aliphatic carbocycles. The molecule has 0 atom stereocenters. The first-order valence-corrected chi connectivity index (χ1v) is 4.58. The van der Waals surface area contributed by atoms with Crippen LogP contribution in [-0.4, -0.2) is 27.9 Å². The normalized spacial score (nSPS) is 12.1. The number of rotatable bonds is 5. The first-order chi connectivity index (χ1) is 7.37. The van der Waals surface area contributed by atoms with E-state index in [1.165, 1.54) is 17.1 Å². The second-order valence-corrected chi connectivity index (χ2v) is 3.23. The predicted octanol–water partition coefficient (Wildman–Crippen LogP) is 1.91. The number of carbonyl (C=O) groups excluding carboxylic acids is 1. The molecule has 0 aromatic carbocycles. The summed E-state index contributed by atoms with van der Waals surface area (Å²) >= 11 is 0. The Morgan fingerprint density at radius 2 is 2.19 bits per heavy atom. The molecular formula is C9H10F4N2O. The van der Waals surface area contributed by atoms with Crippen molar-refractivity contribution in [1.82, 2.24) is 9.78 Å². The lowest BCUT2D eigenvalue weighted by Crippen LogP contribution is -2.37. The smallest absolute Gasteiger partial charge is 0.292 e. The molecule has 0 fully saturated rings. The van der Waals surface area contributed by atoms with Gasteiger partial charge in [0.05, 0.1) is 6.20 Å². The zero-order chi connectivity index (χ0) is 12.3. The molecule has 0 radical (unpaired) electrons. The number of hydrogen-bond acceptors (Lipinski definition) is 2. The quantitative estimate of drug-likeness (QED) is 0.734. The van der Waals surface area contributed by atoms with Crippen molar-refractivity contribution < 1.29 is 22.4 Å². The van der Waals surface area contributed by atoms with Crippen molar-refractivity contribution in [3.05, 3.63) is 18.0 Å². The first-order valence-electron chi connectivity index (χ1n) is 4.58. The summed E-state index contributed by atoms with van der Waals surface area (Å²) in [5.74, 6) is -6.38. The Bertz CT molecular complexity index is 375. The molecule has 1 aromatic rings. The van der Waals surface area contributed by atoms with E-state index in [1.54, 1.807) is 6.92 Å². The van der Waals surface area contributed by atoms with Crippen molar-refractivity contribution in [3.63, 3.8) is 0 Å². The van der Waals surface area contributed by atoms with E-state index in [9.17, 15) is 22.4 Å². The fraction of sp³-hybridized carbons (Fsp3) is 0.556. The molecule has 0 aliphatic heterocycles. The van der Waals surface area contributed by atoms with Crippen LogP contribution in [0.2, 0.25) is 0 Å². The number of carbonyl (C=O) groups is 1. The third-order valence-electron chi connectivity index (χ3n) is 2.02. The lowest BCUT2D eigenvalue weighted by molar-refractivity contribution is -0.166. The lowest BCUT2D eigenvalue weighted by Gasteiger charge is -2.12. The molecule has 0 unspecified atom stereocenters. The highest BCUT2D eigenvalue weighted by molar-refractivity contribution is 5.87. The standard InChI is InChI=1S/C9H10F4N2O/c1-2-15-5-6(4-14-15)3-7(16)9(12,13)8(10)11/h4-5,8H,2-3H2,1H3. The largest absolute Gasteiger partial charge is 0.364 e. The van der Waals surface area contributed by atoms with Crippen LogP contribution in [0.4, 0.5) is 17.6 Å². The van der Waals surface area contributed by atoms with Gasteiger partial charge in [-0.1, -0.05) is 0 Å². The highest BCUT2D eigenvalue weighted by atomic mass is 19.3. The summed E-state index contributed by atoms with van der Waals surface area (Å²) < 4.78 is 50.3. The Kier molecular flexibility index (Phi) is 3.66. The van der Waals surface area contributed by atoms with Gasteiger partial charge in [-0.25, -0.2) is 8.78 Å². The fourth-order valence-corrected chi connectivity index (χ4v) is 1.10. The molecule has 1 aromatic heterocycles. The van der Waals surface area contributed by atoms with Crippen molar-refractivity contribution >= 4 is 5.78 Å².